The first kappa shape index (κ1) is 19.5. The van der Waals surface area contributed by atoms with Crippen LogP contribution in [0.2, 0.25) is 0 Å². The van der Waals surface area contributed by atoms with Gasteiger partial charge in [-0.3, -0.25) is 14.5 Å². The molecule has 6 atom stereocenters. The zero-order valence-electron chi connectivity index (χ0n) is 17.6. The van der Waals surface area contributed by atoms with E-state index in [9.17, 15) is 4.21 Å². The third kappa shape index (κ3) is 3.08. The summed E-state index contributed by atoms with van der Waals surface area (Å²) in [5.74, 6) is 0.980. The molecule has 6 aliphatic rings. The van der Waals surface area contributed by atoms with E-state index in [0.29, 0.717) is 34.5 Å². The molecule has 9 heteroatoms. The van der Waals surface area contributed by atoms with E-state index in [1.54, 1.807) is 0 Å². The number of thioether (sulfide) groups is 1. The van der Waals surface area contributed by atoms with Crippen molar-refractivity contribution in [2.45, 2.75) is 67.8 Å². The minimum atomic E-state index is -0.881. The predicted molar refractivity (Wildman–Crippen MR) is 123 cm³/mol. The third-order valence-electron chi connectivity index (χ3n) is 8.11. The SMILES string of the molecule is O=S(C1=C2NN3NCCC3C3CC(c4cnc5c(c4)CNCC5)NC(S1)C23)C1CCC1. The lowest BCUT2D eigenvalue weighted by Gasteiger charge is -2.49. The lowest BCUT2D eigenvalue weighted by Crippen LogP contribution is -2.61. The molecule has 0 aromatic carbocycles. The molecule has 7 rings (SSSR count). The van der Waals surface area contributed by atoms with E-state index in [1.807, 2.05) is 11.8 Å². The molecule has 0 radical (unpaired) electrons. The zero-order chi connectivity index (χ0) is 20.5. The number of hydrazine groups is 2. The van der Waals surface area contributed by atoms with Crippen molar-refractivity contribution in [2.24, 2.45) is 11.8 Å². The normalized spacial score (nSPS) is 38.1. The largest absolute Gasteiger partial charge is 0.312 e. The first-order valence-corrected chi connectivity index (χ1v) is 13.9. The third-order valence-corrected chi connectivity index (χ3v) is 11.7. The topological polar surface area (TPSA) is 81.3 Å². The molecule has 7 nitrogen and oxygen atoms in total. The molecule has 6 heterocycles. The molecule has 4 N–H and O–H groups in total. The molecule has 31 heavy (non-hydrogen) atoms. The fourth-order valence-corrected chi connectivity index (χ4v) is 10.1. The average molecular weight is 459 g/mol. The van der Waals surface area contributed by atoms with E-state index in [-0.39, 0.29) is 0 Å². The van der Waals surface area contributed by atoms with Gasteiger partial charge in [-0.25, -0.2) is 5.43 Å². The quantitative estimate of drug-likeness (QED) is 0.544. The van der Waals surface area contributed by atoms with E-state index in [2.05, 4.69) is 38.9 Å². The summed E-state index contributed by atoms with van der Waals surface area (Å²) in [5.41, 5.74) is 12.3. The van der Waals surface area contributed by atoms with Gasteiger partial charge in [-0.05, 0) is 48.8 Å². The Kier molecular flexibility index (Phi) is 4.74. The van der Waals surface area contributed by atoms with Crippen LogP contribution in [0.25, 0.3) is 0 Å². The summed E-state index contributed by atoms with van der Waals surface area (Å²) in [6, 6.07) is 3.17. The second-order valence-corrected chi connectivity index (χ2v) is 12.9. The van der Waals surface area contributed by atoms with Crippen LogP contribution in [0.3, 0.4) is 0 Å². The van der Waals surface area contributed by atoms with Crippen molar-refractivity contribution in [1.82, 2.24) is 31.6 Å². The lowest BCUT2D eigenvalue weighted by atomic mass is 9.74. The highest BCUT2D eigenvalue weighted by atomic mass is 32.2. The smallest absolute Gasteiger partial charge is 0.0942 e. The highest BCUT2D eigenvalue weighted by Crippen LogP contribution is 2.55. The Balaban J connectivity index is 1.22. The van der Waals surface area contributed by atoms with E-state index >= 15 is 0 Å². The maximum Gasteiger partial charge on any atom is 0.0942 e. The number of hydrogen-bond donors (Lipinski definition) is 4. The van der Waals surface area contributed by atoms with Gasteiger partial charge in [0.25, 0.3) is 0 Å². The molecule has 1 aliphatic carbocycles. The number of fused-ring (bicyclic) bond motifs is 3. The van der Waals surface area contributed by atoms with Gasteiger partial charge < -0.3 is 10.7 Å². The predicted octanol–water partition coefficient (Wildman–Crippen LogP) is 1.63. The number of aromatic nitrogens is 1. The minimum absolute atomic E-state index is 0.294. The second-order valence-electron chi connectivity index (χ2n) is 9.78. The summed E-state index contributed by atoms with van der Waals surface area (Å²) >= 11 is 1.84. The summed E-state index contributed by atoms with van der Waals surface area (Å²) in [4.78, 5) is 4.83. The number of nitrogens with one attached hydrogen (secondary N) is 4. The molecule has 166 valence electrons. The molecule has 0 spiro atoms. The van der Waals surface area contributed by atoms with Crippen LogP contribution >= 0.6 is 11.8 Å². The number of piperidine rings is 1. The zero-order valence-corrected chi connectivity index (χ0v) is 19.2. The fraction of sp³-hybridized carbons (Fsp3) is 0.682. The molecule has 1 aromatic rings. The number of nitrogens with zero attached hydrogens (tertiary/aromatic N) is 2. The molecule has 1 saturated carbocycles. The highest BCUT2D eigenvalue weighted by Gasteiger charge is 2.55. The Morgan fingerprint density at radius 1 is 1.23 bits per heavy atom. The summed E-state index contributed by atoms with van der Waals surface area (Å²) < 4.78 is 14.5. The van der Waals surface area contributed by atoms with Crippen molar-refractivity contribution in [3.8, 4) is 0 Å². The molecular formula is C22H30N6OS2. The number of hydrogen-bond acceptors (Lipinski definition) is 8. The average Bonchev–Trinajstić information content (AvgIpc) is 3.38. The van der Waals surface area contributed by atoms with Crippen LogP contribution in [0.1, 0.15) is 55.0 Å². The standard InChI is InChI=1S/C22H30N6OS2/c29-31(14-2-1-3-14)22-20-19-15(18-5-7-25-28(18)27-20)9-17(26-21(19)30-22)13-8-12-10-23-6-4-16(12)24-11-13/h8,11,14-15,17-19,21,23,25-27H,1-7,9-10H2. The van der Waals surface area contributed by atoms with Gasteiger partial charge in [0.1, 0.15) is 0 Å². The first-order chi connectivity index (χ1) is 15.3. The Bertz CT molecular complexity index is 965. The van der Waals surface area contributed by atoms with Gasteiger partial charge in [0.2, 0.25) is 0 Å². The molecule has 6 unspecified atom stereocenters. The number of rotatable bonds is 3. The van der Waals surface area contributed by atoms with E-state index < -0.39 is 10.8 Å². The van der Waals surface area contributed by atoms with Crippen LogP contribution in [0, 0.1) is 11.8 Å². The molecular weight excluding hydrogens is 428 g/mol. The first-order valence-electron chi connectivity index (χ1n) is 11.8. The van der Waals surface area contributed by atoms with Crippen molar-refractivity contribution in [3.05, 3.63) is 39.0 Å². The maximum absolute atomic E-state index is 13.4. The Labute approximate surface area is 190 Å². The lowest BCUT2D eigenvalue weighted by molar-refractivity contribution is 0.00557. The highest BCUT2D eigenvalue weighted by molar-refractivity contribution is 8.17. The van der Waals surface area contributed by atoms with Gasteiger partial charge in [-0.1, -0.05) is 18.2 Å². The van der Waals surface area contributed by atoms with Crippen LogP contribution in [0.15, 0.2) is 22.2 Å². The Morgan fingerprint density at radius 2 is 2.16 bits per heavy atom. The fourth-order valence-electron chi connectivity index (χ4n) is 6.23. The molecule has 0 bridgehead atoms. The van der Waals surface area contributed by atoms with Crippen molar-refractivity contribution in [2.75, 3.05) is 13.1 Å². The molecule has 4 fully saturated rings. The van der Waals surface area contributed by atoms with Crippen LogP contribution in [0.4, 0.5) is 0 Å². The van der Waals surface area contributed by atoms with Crippen molar-refractivity contribution >= 4 is 22.6 Å². The van der Waals surface area contributed by atoms with Crippen LogP contribution in [0.5, 0.6) is 0 Å². The van der Waals surface area contributed by atoms with E-state index in [4.69, 9.17) is 4.98 Å². The van der Waals surface area contributed by atoms with Crippen molar-refractivity contribution in [3.63, 3.8) is 0 Å². The van der Waals surface area contributed by atoms with Crippen LogP contribution in [-0.4, -0.2) is 44.1 Å². The van der Waals surface area contributed by atoms with Crippen LogP contribution in [-0.2, 0) is 23.8 Å². The monoisotopic (exact) mass is 458 g/mol. The summed E-state index contributed by atoms with van der Waals surface area (Å²) in [5, 5.41) is 10.3. The molecule has 1 aromatic heterocycles. The van der Waals surface area contributed by atoms with E-state index in [1.165, 1.54) is 35.4 Å². The Morgan fingerprint density at radius 3 is 3.03 bits per heavy atom. The molecule has 5 aliphatic heterocycles. The minimum Gasteiger partial charge on any atom is -0.312 e. The Hall–Kier alpha value is -0.970. The van der Waals surface area contributed by atoms with Gasteiger partial charge in [0.15, 0.2) is 0 Å². The summed E-state index contributed by atoms with van der Waals surface area (Å²) in [6.45, 7) is 2.96. The summed E-state index contributed by atoms with van der Waals surface area (Å²) in [6.07, 6.45) is 8.84. The van der Waals surface area contributed by atoms with Gasteiger partial charge >= 0.3 is 0 Å². The van der Waals surface area contributed by atoms with Crippen molar-refractivity contribution in [1.29, 1.82) is 0 Å². The van der Waals surface area contributed by atoms with Gasteiger partial charge in [0, 0.05) is 61.2 Å². The molecule has 0 amide bonds. The van der Waals surface area contributed by atoms with Gasteiger partial charge in [-0.2, -0.15) is 5.12 Å². The maximum atomic E-state index is 13.4. The second kappa shape index (κ2) is 7.53. The van der Waals surface area contributed by atoms with Crippen LogP contribution < -0.4 is 21.5 Å². The van der Waals surface area contributed by atoms with Gasteiger partial charge in [0.05, 0.1) is 26.1 Å². The molecule has 3 saturated heterocycles. The van der Waals surface area contributed by atoms with Gasteiger partial charge in [-0.15, -0.1) is 0 Å². The van der Waals surface area contributed by atoms with Crippen molar-refractivity contribution < 1.29 is 4.21 Å². The summed E-state index contributed by atoms with van der Waals surface area (Å²) in [7, 11) is -0.881. The van der Waals surface area contributed by atoms with E-state index in [0.717, 1.165) is 49.6 Å². The number of pyridine rings is 1.